The number of ether oxygens (including phenoxy) is 1. The summed E-state index contributed by atoms with van der Waals surface area (Å²) in [5.74, 6) is 0.000437. The molecule has 0 spiro atoms. The van der Waals surface area contributed by atoms with Crippen LogP contribution in [0, 0.1) is 0 Å². The Morgan fingerprint density at radius 1 is 1.52 bits per heavy atom. The number of nitrogens with one attached hydrogen (secondary N) is 1. The van der Waals surface area contributed by atoms with E-state index in [2.05, 4.69) is 10.2 Å². The van der Waals surface area contributed by atoms with Crippen molar-refractivity contribution >= 4 is 17.5 Å². The first-order chi connectivity index (χ1) is 11.0. The fourth-order valence-corrected chi connectivity index (χ4v) is 3.09. The summed E-state index contributed by atoms with van der Waals surface area (Å²) < 4.78 is 5.56. The first-order valence-corrected chi connectivity index (χ1v) is 8.41. The van der Waals surface area contributed by atoms with Crippen molar-refractivity contribution in [1.82, 2.24) is 10.2 Å². The summed E-state index contributed by atoms with van der Waals surface area (Å²) in [7, 11) is 0. The molecule has 0 aromatic heterocycles. The monoisotopic (exact) mass is 340 g/mol. The number of β-amino-alcohol motifs (C(OH)–C–C–N with tert-alkyl or cyclic N) is 1. The minimum absolute atomic E-state index is 0.000437. The number of rotatable bonds is 7. The average molecular weight is 341 g/mol. The Hall–Kier alpha value is -1.14. The van der Waals surface area contributed by atoms with Gasteiger partial charge in [0, 0.05) is 31.1 Å². The van der Waals surface area contributed by atoms with Crippen LogP contribution in [0.4, 0.5) is 0 Å². The third kappa shape index (κ3) is 6.47. The average Bonchev–Trinajstić information content (AvgIpc) is 2.49. The van der Waals surface area contributed by atoms with Gasteiger partial charge in [0.15, 0.2) is 0 Å². The number of hydrogen-bond acceptors (Lipinski definition) is 4. The number of amides is 1. The quantitative estimate of drug-likeness (QED) is 0.795. The van der Waals surface area contributed by atoms with Crippen molar-refractivity contribution in [3.8, 4) is 0 Å². The second-order valence-electron chi connectivity index (χ2n) is 6.06. The second-order valence-corrected chi connectivity index (χ2v) is 6.47. The Kier molecular flexibility index (Phi) is 7.30. The highest BCUT2D eigenvalue weighted by molar-refractivity contribution is 6.31. The van der Waals surface area contributed by atoms with Crippen molar-refractivity contribution in [2.24, 2.45) is 0 Å². The van der Waals surface area contributed by atoms with Crippen molar-refractivity contribution in [3.05, 3.63) is 34.9 Å². The molecule has 1 amide bonds. The van der Waals surface area contributed by atoms with Gasteiger partial charge >= 0.3 is 0 Å². The molecule has 23 heavy (non-hydrogen) atoms. The summed E-state index contributed by atoms with van der Waals surface area (Å²) in [6.07, 6.45) is 1.47. The molecule has 1 heterocycles. The van der Waals surface area contributed by atoms with Gasteiger partial charge in [-0.25, -0.2) is 0 Å². The van der Waals surface area contributed by atoms with E-state index in [1.54, 1.807) is 0 Å². The third-order valence-corrected chi connectivity index (χ3v) is 4.28. The minimum atomic E-state index is -0.548. The summed E-state index contributed by atoms with van der Waals surface area (Å²) in [6, 6.07) is 7.71. The third-order valence-electron chi connectivity index (χ3n) is 3.91. The molecule has 0 saturated carbocycles. The molecule has 1 saturated heterocycles. The first kappa shape index (κ1) is 18.2. The maximum Gasteiger partial charge on any atom is 0.217 e. The number of halogens is 1. The standard InChI is InChI=1S/C17H25ClN2O3/c1-13(21)19-15-6-4-8-20(9-15)10-16(22)12-23-11-14-5-2-3-7-17(14)18/h2-3,5,7,15-16,22H,4,6,8-12H2,1H3,(H,19,21). The molecular weight excluding hydrogens is 316 g/mol. The molecule has 1 aromatic rings. The molecule has 0 bridgehead atoms. The van der Waals surface area contributed by atoms with Gasteiger partial charge in [-0.2, -0.15) is 0 Å². The lowest BCUT2D eigenvalue weighted by Gasteiger charge is -2.34. The van der Waals surface area contributed by atoms with Gasteiger partial charge < -0.3 is 15.2 Å². The van der Waals surface area contributed by atoms with Gasteiger partial charge in [-0.15, -0.1) is 0 Å². The van der Waals surface area contributed by atoms with E-state index in [9.17, 15) is 9.90 Å². The first-order valence-electron chi connectivity index (χ1n) is 8.03. The lowest BCUT2D eigenvalue weighted by atomic mass is 10.1. The van der Waals surface area contributed by atoms with Gasteiger partial charge in [0.05, 0.1) is 19.3 Å². The molecule has 6 heteroatoms. The molecule has 1 aliphatic heterocycles. The molecule has 1 fully saturated rings. The van der Waals surface area contributed by atoms with E-state index in [0.29, 0.717) is 18.2 Å². The van der Waals surface area contributed by atoms with Crippen molar-refractivity contribution < 1.29 is 14.6 Å². The smallest absolute Gasteiger partial charge is 0.217 e. The summed E-state index contributed by atoms with van der Waals surface area (Å²) in [6.45, 7) is 4.48. The van der Waals surface area contributed by atoms with Crippen molar-refractivity contribution in [1.29, 1.82) is 0 Å². The number of hydrogen-bond donors (Lipinski definition) is 2. The van der Waals surface area contributed by atoms with Gasteiger partial charge in [-0.05, 0) is 31.0 Å². The van der Waals surface area contributed by atoms with Crippen LogP contribution >= 0.6 is 11.6 Å². The van der Waals surface area contributed by atoms with Crippen molar-refractivity contribution in [3.63, 3.8) is 0 Å². The Balaban J connectivity index is 1.69. The van der Waals surface area contributed by atoms with Crippen LogP contribution in [0.5, 0.6) is 0 Å². The number of benzene rings is 1. The normalized spacial score (nSPS) is 20.2. The number of piperidine rings is 1. The zero-order valence-corrected chi connectivity index (χ0v) is 14.3. The van der Waals surface area contributed by atoms with Crippen LogP contribution in [0.2, 0.25) is 5.02 Å². The lowest BCUT2D eigenvalue weighted by molar-refractivity contribution is -0.120. The molecule has 2 atom stereocenters. The number of aliphatic hydroxyl groups is 1. The SMILES string of the molecule is CC(=O)NC1CCCN(CC(O)COCc2ccccc2Cl)C1. The molecule has 5 nitrogen and oxygen atoms in total. The zero-order valence-electron chi connectivity index (χ0n) is 13.5. The number of carbonyl (C=O) groups is 1. The largest absolute Gasteiger partial charge is 0.389 e. The van der Waals surface area contributed by atoms with Crippen LogP contribution in [-0.4, -0.2) is 54.3 Å². The van der Waals surface area contributed by atoms with Gasteiger partial charge in [0.2, 0.25) is 5.91 Å². The fraction of sp³-hybridized carbons (Fsp3) is 0.588. The summed E-state index contributed by atoms with van der Waals surface area (Å²) in [5.41, 5.74) is 0.921. The van der Waals surface area contributed by atoms with E-state index >= 15 is 0 Å². The summed E-state index contributed by atoms with van der Waals surface area (Å²) in [4.78, 5) is 13.3. The Labute approximate surface area is 142 Å². The van der Waals surface area contributed by atoms with Crippen molar-refractivity contribution in [2.75, 3.05) is 26.2 Å². The molecule has 2 rings (SSSR count). The van der Waals surface area contributed by atoms with Crippen LogP contribution in [0.15, 0.2) is 24.3 Å². The number of carbonyl (C=O) groups excluding carboxylic acids is 1. The highest BCUT2D eigenvalue weighted by Crippen LogP contribution is 2.16. The Morgan fingerprint density at radius 2 is 2.30 bits per heavy atom. The van der Waals surface area contributed by atoms with Crippen molar-refractivity contribution in [2.45, 2.75) is 38.5 Å². The van der Waals surface area contributed by atoms with Crippen LogP contribution in [0.3, 0.4) is 0 Å². The zero-order chi connectivity index (χ0) is 16.7. The van der Waals surface area contributed by atoms with Gasteiger partial charge in [0.1, 0.15) is 0 Å². The van der Waals surface area contributed by atoms with E-state index in [1.165, 1.54) is 6.92 Å². The fourth-order valence-electron chi connectivity index (χ4n) is 2.90. The molecule has 1 aromatic carbocycles. The lowest BCUT2D eigenvalue weighted by Crippen LogP contribution is -2.49. The molecule has 0 radical (unpaired) electrons. The molecular formula is C17H25ClN2O3. The number of nitrogens with zero attached hydrogens (tertiary/aromatic N) is 1. The van der Waals surface area contributed by atoms with Gasteiger partial charge in [-0.3, -0.25) is 9.69 Å². The predicted octanol–water partition coefficient (Wildman–Crippen LogP) is 1.82. The summed E-state index contributed by atoms with van der Waals surface area (Å²) >= 11 is 6.07. The van der Waals surface area contributed by atoms with Crippen LogP contribution in [0.1, 0.15) is 25.3 Å². The molecule has 2 unspecified atom stereocenters. The minimum Gasteiger partial charge on any atom is -0.389 e. The number of aliphatic hydroxyl groups excluding tert-OH is 1. The van der Waals surface area contributed by atoms with Gasteiger partial charge in [-0.1, -0.05) is 29.8 Å². The molecule has 1 aliphatic rings. The maximum atomic E-state index is 11.1. The van der Waals surface area contributed by atoms with Gasteiger partial charge in [0.25, 0.3) is 0 Å². The molecule has 128 valence electrons. The Morgan fingerprint density at radius 3 is 3.04 bits per heavy atom. The second kappa shape index (κ2) is 9.23. The molecule has 0 aliphatic carbocycles. The highest BCUT2D eigenvalue weighted by atomic mass is 35.5. The van der Waals surface area contributed by atoms with E-state index in [4.69, 9.17) is 16.3 Å². The van der Waals surface area contributed by atoms with E-state index in [-0.39, 0.29) is 18.6 Å². The summed E-state index contributed by atoms with van der Waals surface area (Å²) in [5, 5.41) is 13.8. The van der Waals surface area contributed by atoms with E-state index in [0.717, 1.165) is 31.5 Å². The van der Waals surface area contributed by atoms with Crippen LogP contribution < -0.4 is 5.32 Å². The topological polar surface area (TPSA) is 61.8 Å². The maximum absolute atomic E-state index is 11.1. The van der Waals surface area contributed by atoms with Crippen LogP contribution in [-0.2, 0) is 16.1 Å². The number of likely N-dealkylation sites (tertiary alicyclic amines) is 1. The Bertz CT molecular complexity index is 512. The van der Waals surface area contributed by atoms with Crippen LogP contribution in [0.25, 0.3) is 0 Å². The highest BCUT2D eigenvalue weighted by Gasteiger charge is 2.22. The predicted molar refractivity (Wildman–Crippen MR) is 90.4 cm³/mol. The van der Waals surface area contributed by atoms with E-state index in [1.807, 2.05) is 24.3 Å². The molecule has 2 N–H and O–H groups in total. The van der Waals surface area contributed by atoms with E-state index < -0.39 is 6.10 Å².